The fourth-order valence-electron chi connectivity index (χ4n) is 1.86. The molecule has 0 fully saturated rings. The minimum Gasteiger partial charge on any atom is -0.294 e. The zero-order valence-corrected chi connectivity index (χ0v) is 9.24. The Kier molecular flexibility index (Phi) is 2.31. The lowest BCUT2D eigenvalue weighted by molar-refractivity contribution is 0.0987. The molecule has 0 saturated heterocycles. The first-order chi connectivity index (χ1) is 7.15. The van der Waals surface area contributed by atoms with Gasteiger partial charge in [-0.05, 0) is 24.6 Å². The van der Waals surface area contributed by atoms with Crippen LogP contribution in [0.15, 0.2) is 18.3 Å². The van der Waals surface area contributed by atoms with E-state index in [0.29, 0.717) is 6.42 Å². The van der Waals surface area contributed by atoms with E-state index < -0.39 is 0 Å². The molecular formula is C12H14N2O. The number of rotatable bonds is 2. The monoisotopic (exact) mass is 202 g/mol. The molecule has 0 N–H and O–H groups in total. The molecule has 1 aromatic heterocycles. The molecule has 0 aliphatic carbocycles. The molecule has 0 atom stereocenters. The number of fused-ring (bicyclic) bond motifs is 1. The number of Topliss-reactive ketones (excluding diaryl/α,β-unsaturated/α-hetero) is 1. The SMILES string of the molecule is CCC(=O)c1ccc2c(cnn2C)c1C. The molecule has 0 spiro atoms. The second kappa shape index (κ2) is 3.50. The van der Waals surface area contributed by atoms with Gasteiger partial charge in [-0.2, -0.15) is 5.10 Å². The van der Waals surface area contributed by atoms with Crippen LogP contribution in [-0.2, 0) is 7.05 Å². The quantitative estimate of drug-likeness (QED) is 0.701. The Bertz CT molecular complexity index is 526. The van der Waals surface area contributed by atoms with E-state index in [4.69, 9.17) is 0 Å². The number of hydrogen-bond donors (Lipinski definition) is 0. The number of nitrogens with zero attached hydrogens (tertiary/aromatic N) is 2. The molecule has 0 aliphatic rings. The Hall–Kier alpha value is -1.64. The van der Waals surface area contributed by atoms with Crippen LogP contribution in [0.1, 0.15) is 29.3 Å². The second-order valence-corrected chi connectivity index (χ2v) is 3.72. The molecule has 0 amide bonds. The van der Waals surface area contributed by atoms with Gasteiger partial charge in [0.1, 0.15) is 0 Å². The number of carbonyl (C=O) groups excluding carboxylic acids is 1. The van der Waals surface area contributed by atoms with E-state index >= 15 is 0 Å². The van der Waals surface area contributed by atoms with Crippen LogP contribution in [0.25, 0.3) is 10.9 Å². The fraction of sp³-hybridized carbons (Fsp3) is 0.333. The summed E-state index contributed by atoms with van der Waals surface area (Å²) in [6.07, 6.45) is 2.36. The highest BCUT2D eigenvalue weighted by molar-refractivity contribution is 6.01. The summed E-state index contributed by atoms with van der Waals surface area (Å²) >= 11 is 0. The molecule has 1 aromatic carbocycles. The molecule has 0 saturated carbocycles. The minimum absolute atomic E-state index is 0.193. The Morgan fingerprint density at radius 1 is 1.47 bits per heavy atom. The molecule has 0 bridgehead atoms. The number of aryl methyl sites for hydroxylation is 2. The maximum absolute atomic E-state index is 11.7. The first-order valence-corrected chi connectivity index (χ1v) is 5.09. The molecular weight excluding hydrogens is 188 g/mol. The van der Waals surface area contributed by atoms with E-state index in [1.54, 1.807) is 0 Å². The maximum Gasteiger partial charge on any atom is 0.162 e. The van der Waals surface area contributed by atoms with Crippen molar-refractivity contribution < 1.29 is 4.79 Å². The molecule has 2 rings (SSSR count). The first-order valence-electron chi connectivity index (χ1n) is 5.09. The minimum atomic E-state index is 0.193. The molecule has 1 heterocycles. The zero-order valence-electron chi connectivity index (χ0n) is 9.24. The maximum atomic E-state index is 11.7. The van der Waals surface area contributed by atoms with E-state index in [0.717, 1.165) is 22.0 Å². The van der Waals surface area contributed by atoms with E-state index in [-0.39, 0.29) is 5.78 Å². The lowest BCUT2D eigenvalue weighted by atomic mass is 10.00. The van der Waals surface area contributed by atoms with Gasteiger partial charge in [-0.3, -0.25) is 9.48 Å². The second-order valence-electron chi connectivity index (χ2n) is 3.72. The van der Waals surface area contributed by atoms with Crippen molar-refractivity contribution in [2.24, 2.45) is 7.05 Å². The topological polar surface area (TPSA) is 34.9 Å². The summed E-state index contributed by atoms with van der Waals surface area (Å²) in [4.78, 5) is 11.7. The number of carbonyl (C=O) groups is 1. The van der Waals surface area contributed by atoms with Crippen LogP contribution in [-0.4, -0.2) is 15.6 Å². The van der Waals surface area contributed by atoms with Crippen molar-refractivity contribution in [3.63, 3.8) is 0 Å². The van der Waals surface area contributed by atoms with Gasteiger partial charge in [-0.1, -0.05) is 6.92 Å². The molecule has 3 heteroatoms. The molecule has 0 aliphatic heterocycles. The molecule has 0 radical (unpaired) electrons. The van der Waals surface area contributed by atoms with Gasteiger partial charge in [-0.25, -0.2) is 0 Å². The zero-order chi connectivity index (χ0) is 11.0. The molecule has 3 nitrogen and oxygen atoms in total. The molecule has 2 aromatic rings. The van der Waals surface area contributed by atoms with Crippen LogP contribution in [0.2, 0.25) is 0 Å². The van der Waals surface area contributed by atoms with Gasteiger partial charge in [-0.15, -0.1) is 0 Å². The molecule has 78 valence electrons. The van der Waals surface area contributed by atoms with Crippen LogP contribution in [0.4, 0.5) is 0 Å². The molecule has 0 unspecified atom stereocenters. The summed E-state index contributed by atoms with van der Waals surface area (Å²) in [7, 11) is 1.91. The van der Waals surface area contributed by atoms with Gasteiger partial charge < -0.3 is 0 Å². The fourth-order valence-corrected chi connectivity index (χ4v) is 1.86. The third-order valence-electron chi connectivity index (χ3n) is 2.82. The largest absolute Gasteiger partial charge is 0.294 e. The summed E-state index contributed by atoms with van der Waals surface area (Å²) in [6.45, 7) is 3.86. The predicted octanol–water partition coefficient (Wildman–Crippen LogP) is 2.47. The lowest BCUT2D eigenvalue weighted by Crippen LogP contribution is -2.00. The Labute approximate surface area is 88.7 Å². The standard InChI is InChI=1S/C12H14N2O/c1-4-12(15)9-5-6-11-10(8(9)2)7-13-14(11)3/h5-7H,4H2,1-3H3. The van der Waals surface area contributed by atoms with E-state index in [2.05, 4.69) is 5.10 Å². The van der Waals surface area contributed by atoms with Gasteiger partial charge >= 0.3 is 0 Å². The van der Waals surface area contributed by atoms with Crippen molar-refractivity contribution in [3.05, 3.63) is 29.5 Å². The highest BCUT2D eigenvalue weighted by atomic mass is 16.1. The van der Waals surface area contributed by atoms with Gasteiger partial charge in [0.15, 0.2) is 5.78 Å². The average molecular weight is 202 g/mol. The van der Waals surface area contributed by atoms with E-state index in [9.17, 15) is 4.79 Å². The number of hydrogen-bond acceptors (Lipinski definition) is 2. The highest BCUT2D eigenvalue weighted by Gasteiger charge is 2.11. The van der Waals surface area contributed by atoms with Crippen molar-refractivity contribution in [2.75, 3.05) is 0 Å². The smallest absolute Gasteiger partial charge is 0.162 e. The van der Waals surface area contributed by atoms with Gasteiger partial charge in [0.05, 0.1) is 11.7 Å². The number of ketones is 1. The summed E-state index contributed by atoms with van der Waals surface area (Å²) < 4.78 is 1.82. The summed E-state index contributed by atoms with van der Waals surface area (Å²) in [5.41, 5.74) is 2.92. The van der Waals surface area contributed by atoms with Crippen molar-refractivity contribution in [1.82, 2.24) is 9.78 Å². The van der Waals surface area contributed by atoms with Gasteiger partial charge in [0.2, 0.25) is 0 Å². The highest BCUT2D eigenvalue weighted by Crippen LogP contribution is 2.21. The summed E-state index contributed by atoms with van der Waals surface area (Å²) in [6, 6.07) is 3.85. The lowest BCUT2D eigenvalue weighted by Gasteiger charge is -2.04. The van der Waals surface area contributed by atoms with Crippen molar-refractivity contribution in [3.8, 4) is 0 Å². The van der Waals surface area contributed by atoms with Crippen molar-refractivity contribution in [1.29, 1.82) is 0 Å². The third-order valence-corrected chi connectivity index (χ3v) is 2.82. The van der Waals surface area contributed by atoms with Gasteiger partial charge in [0, 0.05) is 24.4 Å². The van der Waals surface area contributed by atoms with Crippen molar-refractivity contribution in [2.45, 2.75) is 20.3 Å². The van der Waals surface area contributed by atoms with Crippen molar-refractivity contribution >= 4 is 16.7 Å². The number of benzene rings is 1. The first kappa shape index (κ1) is 9.90. The Morgan fingerprint density at radius 3 is 2.87 bits per heavy atom. The predicted molar refractivity (Wildman–Crippen MR) is 60.1 cm³/mol. The third kappa shape index (κ3) is 1.44. The van der Waals surface area contributed by atoms with Crippen LogP contribution in [0.5, 0.6) is 0 Å². The summed E-state index contributed by atoms with van der Waals surface area (Å²) in [5, 5.41) is 5.25. The van der Waals surface area contributed by atoms with E-state index in [1.165, 1.54) is 0 Å². The normalized spacial score (nSPS) is 10.9. The van der Waals surface area contributed by atoms with Crippen LogP contribution in [0, 0.1) is 6.92 Å². The van der Waals surface area contributed by atoms with Gasteiger partial charge in [0.25, 0.3) is 0 Å². The molecule has 15 heavy (non-hydrogen) atoms. The Balaban J connectivity index is 2.71. The average Bonchev–Trinajstić information content (AvgIpc) is 2.61. The number of aromatic nitrogens is 2. The van der Waals surface area contributed by atoms with Crippen LogP contribution in [0.3, 0.4) is 0 Å². The van der Waals surface area contributed by atoms with Crippen LogP contribution < -0.4 is 0 Å². The van der Waals surface area contributed by atoms with Crippen LogP contribution >= 0.6 is 0 Å². The Morgan fingerprint density at radius 2 is 2.20 bits per heavy atom. The van der Waals surface area contributed by atoms with E-state index in [1.807, 2.05) is 43.9 Å². The summed E-state index contributed by atoms with van der Waals surface area (Å²) in [5.74, 6) is 0.193.